The van der Waals surface area contributed by atoms with Gasteiger partial charge in [0.05, 0.1) is 19.0 Å². The van der Waals surface area contributed by atoms with Crippen LogP contribution in [0.5, 0.6) is 11.5 Å². The number of aromatic amines is 1. The summed E-state index contributed by atoms with van der Waals surface area (Å²) in [6.07, 6.45) is 1.61. The molecule has 0 saturated heterocycles. The van der Waals surface area contributed by atoms with Crippen molar-refractivity contribution in [2.24, 2.45) is 0 Å². The van der Waals surface area contributed by atoms with Crippen molar-refractivity contribution in [1.82, 2.24) is 9.97 Å². The van der Waals surface area contributed by atoms with E-state index in [1.165, 1.54) is 7.11 Å². The third-order valence-electron chi connectivity index (χ3n) is 2.09. The highest BCUT2D eigenvalue weighted by molar-refractivity contribution is 5.64. The Morgan fingerprint density at radius 1 is 1.47 bits per heavy atom. The van der Waals surface area contributed by atoms with Gasteiger partial charge < -0.3 is 20.6 Å². The number of nitrogens with two attached hydrogens (primary N) is 1. The molecule has 1 heterocycles. The van der Waals surface area contributed by atoms with E-state index in [0.717, 1.165) is 11.3 Å². The highest BCUT2D eigenvalue weighted by Gasteiger charge is 2.05. The maximum Gasteiger partial charge on any atom is 0.197 e. The third kappa shape index (κ3) is 1.71. The van der Waals surface area contributed by atoms with Gasteiger partial charge in [0.2, 0.25) is 0 Å². The molecule has 1 aromatic carbocycles. The summed E-state index contributed by atoms with van der Waals surface area (Å²) in [7, 11) is 1.50. The molecule has 0 unspecified atom stereocenters. The molecule has 0 atom stereocenters. The maximum absolute atomic E-state index is 9.57. The zero-order valence-corrected chi connectivity index (χ0v) is 8.19. The normalized spacial score (nSPS) is 10.2. The molecule has 15 heavy (non-hydrogen) atoms. The summed E-state index contributed by atoms with van der Waals surface area (Å²) >= 11 is 0. The van der Waals surface area contributed by atoms with Gasteiger partial charge in [0.1, 0.15) is 0 Å². The van der Waals surface area contributed by atoms with Crippen LogP contribution in [0.25, 0.3) is 11.3 Å². The van der Waals surface area contributed by atoms with Gasteiger partial charge in [0.25, 0.3) is 0 Å². The molecule has 0 bridgehead atoms. The second-order valence-electron chi connectivity index (χ2n) is 3.07. The highest BCUT2D eigenvalue weighted by atomic mass is 16.5. The molecule has 0 fully saturated rings. The zero-order valence-electron chi connectivity index (χ0n) is 8.19. The topological polar surface area (TPSA) is 84.2 Å². The van der Waals surface area contributed by atoms with Crippen molar-refractivity contribution >= 4 is 5.95 Å². The van der Waals surface area contributed by atoms with Crippen LogP contribution >= 0.6 is 0 Å². The van der Waals surface area contributed by atoms with Gasteiger partial charge in [-0.3, -0.25) is 0 Å². The van der Waals surface area contributed by atoms with Crippen LogP contribution in [0.3, 0.4) is 0 Å². The molecule has 1 aromatic heterocycles. The lowest BCUT2D eigenvalue weighted by Crippen LogP contribution is -1.86. The standard InChI is InChI=1S/C10H11N3O2/c1-15-9-3-2-6(4-8(9)14)7-5-12-10(11)13-7/h2-5,14H,1H3,(H3,11,12,13). The van der Waals surface area contributed by atoms with E-state index >= 15 is 0 Å². The first kappa shape index (κ1) is 9.39. The number of rotatable bonds is 2. The molecule has 0 amide bonds. The van der Waals surface area contributed by atoms with Gasteiger partial charge in [0, 0.05) is 5.56 Å². The van der Waals surface area contributed by atoms with Gasteiger partial charge in [-0.05, 0) is 18.2 Å². The molecule has 0 radical (unpaired) electrons. The number of aromatic nitrogens is 2. The van der Waals surface area contributed by atoms with Crippen LogP contribution in [-0.2, 0) is 0 Å². The summed E-state index contributed by atoms with van der Waals surface area (Å²) in [5, 5.41) is 9.57. The molecule has 0 aliphatic carbocycles. The minimum absolute atomic E-state index is 0.0863. The Morgan fingerprint density at radius 3 is 2.80 bits per heavy atom. The number of nitrogens with zero attached hydrogens (tertiary/aromatic N) is 1. The lowest BCUT2D eigenvalue weighted by molar-refractivity contribution is 0.373. The monoisotopic (exact) mass is 205 g/mol. The van der Waals surface area contributed by atoms with E-state index < -0.39 is 0 Å². The fourth-order valence-corrected chi connectivity index (χ4v) is 1.34. The van der Waals surface area contributed by atoms with E-state index in [2.05, 4.69) is 9.97 Å². The number of hydrogen-bond donors (Lipinski definition) is 3. The van der Waals surface area contributed by atoms with Gasteiger partial charge in [-0.2, -0.15) is 0 Å². The quantitative estimate of drug-likeness (QED) is 0.691. The second-order valence-corrected chi connectivity index (χ2v) is 3.07. The van der Waals surface area contributed by atoms with Gasteiger partial charge in [-0.25, -0.2) is 4.98 Å². The van der Waals surface area contributed by atoms with Crippen molar-refractivity contribution in [2.75, 3.05) is 12.8 Å². The number of nitrogen functional groups attached to an aromatic ring is 1. The van der Waals surface area contributed by atoms with Crippen molar-refractivity contribution in [2.45, 2.75) is 0 Å². The largest absolute Gasteiger partial charge is 0.504 e. The van der Waals surface area contributed by atoms with E-state index in [-0.39, 0.29) is 5.75 Å². The predicted octanol–water partition coefficient (Wildman–Crippen LogP) is 1.37. The molecule has 0 aliphatic rings. The maximum atomic E-state index is 9.57. The summed E-state index contributed by atoms with van der Waals surface area (Å²) in [5.41, 5.74) is 7.01. The molecule has 0 spiro atoms. The van der Waals surface area contributed by atoms with E-state index in [0.29, 0.717) is 11.7 Å². The Morgan fingerprint density at radius 2 is 2.27 bits per heavy atom. The number of imidazole rings is 1. The SMILES string of the molecule is COc1ccc(-c2cnc(N)[nH]2)cc1O. The van der Waals surface area contributed by atoms with Crippen LogP contribution in [0.4, 0.5) is 5.95 Å². The first-order valence-electron chi connectivity index (χ1n) is 4.38. The molecular formula is C10H11N3O2. The lowest BCUT2D eigenvalue weighted by atomic mass is 10.1. The highest BCUT2D eigenvalue weighted by Crippen LogP contribution is 2.30. The molecule has 78 valence electrons. The molecule has 2 rings (SSSR count). The summed E-state index contributed by atoms with van der Waals surface area (Å²) in [6.45, 7) is 0. The average molecular weight is 205 g/mol. The lowest BCUT2D eigenvalue weighted by Gasteiger charge is -2.04. The van der Waals surface area contributed by atoms with Crippen molar-refractivity contribution in [1.29, 1.82) is 0 Å². The number of phenolic OH excluding ortho intramolecular Hbond substituents is 1. The summed E-state index contributed by atoms with van der Waals surface area (Å²) in [4.78, 5) is 6.75. The number of H-pyrrole nitrogens is 1. The Bertz CT molecular complexity index is 479. The fraction of sp³-hybridized carbons (Fsp3) is 0.100. The van der Waals surface area contributed by atoms with Crippen molar-refractivity contribution in [3.05, 3.63) is 24.4 Å². The third-order valence-corrected chi connectivity index (χ3v) is 2.09. The van der Waals surface area contributed by atoms with E-state index in [1.807, 2.05) is 6.07 Å². The van der Waals surface area contributed by atoms with Crippen molar-refractivity contribution in [3.8, 4) is 22.8 Å². The first-order valence-corrected chi connectivity index (χ1v) is 4.38. The van der Waals surface area contributed by atoms with Crippen LogP contribution in [0.2, 0.25) is 0 Å². The van der Waals surface area contributed by atoms with Crippen LogP contribution in [0, 0.1) is 0 Å². The number of phenols is 1. The Hall–Kier alpha value is -2.17. The van der Waals surface area contributed by atoms with Crippen LogP contribution in [0.1, 0.15) is 0 Å². The van der Waals surface area contributed by atoms with Gasteiger partial charge in [-0.15, -0.1) is 0 Å². The molecule has 0 aliphatic heterocycles. The van der Waals surface area contributed by atoms with E-state index in [9.17, 15) is 5.11 Å². The van der Waals surface area contributed by atoms with Crippen LogP contribution in [0.15, 0.2) is 24.4 Å². The Labute approximate surface area is 86.5 Å². The molecule has 4 N–H and O–H groups in total. The number of aromatic hydroxyl groups is 1. The second kappa shape index (κ2) is 3.53. The minimum atomic E-state index is 0.0863. The minimum Gasteiger partial charge on any atom is -0.504 e. The van der Waals surface area contributed by atoms with Gasteiger partial charge in [-0.1, -0.05) is 0 Å². The zero-order chi connectivity index (χ0) is 10.8. The fourth-order valence-electron chi connectivity index (χ4n) is 1.34. The van der Waals surface area contributed by atoms with Crippen molar-refractivity contribution < 1.29 is 9.84 Å². The number of nitrogens with one attached hydrogen (secondary N) is 1. The number of ether oxygens (including phenoxy) is 1. The molecule has 5 heteroatoms. The van der Waals surface area contributed by atoms with E-state index in [1.54, 1.807) is 18.3 Å². The molecular weight excluding hydrogens is 194 g/mol. The van der Waals surface area contributed by atoms with Crippen LogP contribution in [-0.4, -0.2) is 22.2 Å². The summed E-state index contributed by atoms with van der Waals surface area (Å²) in [5.74, 6) is 0.870. The first-order chi connectivity index (χ1) is 7.20. The number of hydrogen-bond acceptors (Lipinski definition) is 4. The summed E-state index contributed by atoms with van der Waals surface area (Å²) < 4.78 is 4.94. The number of anilines is 1. The van der Waals surface area contributed by atoms with Gasteiger partial charge >= 0.3 is 0 Å². The number of methoxy groups -OCH3 is 1. The predicted molar refractivity (Wildman–Crippen MR) is 56.7 cm³/mol. The average Bonchev–Trinajstić information content (AvgIpc) is 2.65. The number of benzene rings is 1. The molecule has 5 nitrogen and oxygen atoms in total. The van der Waals surface area contributed by atoms with Crippen molar-refractivity contribution in [3.63, 3.8) is 0 Å². The summed E-state index contributed by atoms with van der Waals surface area (Å²) in [6, 6.07) is 5.08. The van der Waals surface area contributed by atoms with E-state index in [4.69, 9.17) is 10.5 Å². The molecule has 2 aromatic rings. The Kier molecular flexibility index (Phi) is 2.21. The van der Waals surface area contributed by atoms with Gasteiger partial charge in [0.15, 0.2) is 17.4 Å². The molecule has 0 saturated carbocycles. The Balaban J connectivity index is 2.42. The van der Waals surface area contributed by atoms with Crippen LogP contribution < -0.4 is 10.5 Å². The smallest absolute Gasteiger partial charge is 0.197 e.